The van der Waals surface area contributed by atoms with Crippen LogP contribution in [0.25, 0.3) is 0 Å². The summed E-state index contributed by atoms with van der Waals surface area (Å²) in [4.78, 5) is 22.8. The molecule has 7 heteroatoms. The molecule has 0 saturated heterocycles. The Morgan fingerprint density at radius 3 is 2.45 bits per heavy atom. The van der Waals surface area contributed by atoms with Gasteiger partial charge in [-0.2, -0.15) is 5.26 Å². The highest BCUT2D eigenvalue weighted by Gasteiger charge is 2.53. The summed E-state index contributed by atoms with van der Waals surface area (Å²) in [5, 5.41) is 26.2. The molecule has 0 spiro atoms. The number of nitrogens with zero attached hydrogens (tertiary/aromatic N) is 2. The molecule has 1 aromatic rings. The maximum Gasteiger partial charge on any atom is 0.271 e. The fourth-order valence-corrected chi connectivity index (χ4v) is 6.14. The average molecular weight is 394 g/mol. The minimum absolute atomic E-state index is 0.0342. The number of nitro groups is 1. The van der Waals surface area contributed by atoms with Crippen LogP contribution in [0, 0.1) is 44.6 Å². The predicted octanol–water partition coefficient (Wildman–Crippen LogP) is 4.14. The van der Waals surface area contributed by atoms with E-state index in [0.717, 1.165) is 17.8 Å². The number of non-ortho nitro benzene ring substituents is 1. The molecular formula is C22H26N4O3. The lowest BCUT2D eigenvalue weighted by atomic mass is 9.48. The van der Waals surface area contributed by atoms with Crippen molar-refractivity contribution >= 4 is 17.3 Å². The molecule has 7 nitrogen and oxygen atoms in total. The second-order valence-corrected chi connectivity index (χ2v) is 9.10. The van der Waals surface area contributed by atoms with Gasteiger partial charge in [0.15, 0.2) is 0 Å². The van der Waals surface area contributed by atoms with Gasteiger partial charge in [-0.25, -0.2) is 0 Å². The summed E-state index contributed by atoms with van der Waals surface area (Å²) in [6, 6.07) is 7.83. The van der Waals surface area contributed by atoms with Crippen molar-refractivity contribution < 1.29 is 9.72 Å². The van der Waals surface area contributed by atoms with E-state index in [1.54, 1.807) is 6.07 Å². The summed E-state index contributed by atoms with van der Waals surface area (Å²) < 4.78 is 0. The monoisotopic (exact) mass is 394 g/mol. The van der Waals surface area contributed by atoms with Gasteiger partial charge < -0.3 is 10.6 Å². The molecule has 0 radical (unpaired) electrons. The van der Waals surface area contributed by atoms with E-state index in [1.807, 2.05) is 6.07 Å². The summed E-state index contributed by atoms with van der Waals surface area (Å²) >= 11 is 0. The number of anilines is 1. The van der Waals surface area contributed by atoms with E-state index in [4.69, 9.17) is 0 Å². The van der Waals surface area contributed by atoms with Crippen molar-refractivity contribution in [3.63, 3.8) is 0 Å². The summed E-state index contributed by atoms with van der Waals surface area (Å²) in [5.41, 5.74) is 0.411. The lowest BCUT2D eigenvalue weighted by Crippen LogP contribution is -2.54. The van der Waals surface area contributed by atoms with Crippen molar-refractivity contribution in [1.82, 2.24) is 5.32 Å². The minimum atomic E-state index is -0.571. The molecule has 2 N–H and O–H groups in total. The van der Waals surface area contributed by atoms with E-state index in [9.17, 15) is 20.2 Å². The van der Waals surface area contributed by atoms with Gasteiger partial charge in [-0.1, -0.05) is 6.07 Å². The molecule has 152 valence electrons. The van der Waals surface area contributed by atoms with Crippen LogP contribution in [-0.2, 0) is 4.79 Å². The molecule has 1 amide bonds. The number of nitrogens with one attached hydrogen (secondary N) is 2. The van der Waals surface area contributed by atoms with Gasteiger partial charge >= 0.3 is 0 Å². The number of carbonyl (C=O) groups excluding carboxylic acids is 1. The lowest BCUT2D eigenvalue weighted by molar-refractivity contribution is -0.384. The molecule has 4 bridgehead atoms. The van der Waals surface area contributed by atoms with Crippen molar-refractivity contribution in [2.75, 3.05) is 5.32 Å². The number of rotatable bonds is 6. The molecule has 29 heavy (non-hydrogen) atoms. The second-order valence-electron chi connectivity index (χ2n) is 9.10. The molecule has 0 aliphatic heterocycles. The van der Waals surface area contributed by atoms with Crippen molar-refractivity contribution in [3.05, 3.63) is 46.2 Å². The fourth-order valence-electron chi connectivity index (χ4n) is 6.14. The predicted molar refractivity (Wildman–Crippen MR) is 109 cm³/mol. The number of benzene rings is 1. The number of nitriles is 1. The molecule has 4 saturated carbocycles. The van der Waals surface area contributed by atoms with Crippen molar-refractivity contribution in [2.24, 2.45) is 23.2 Å². The SMILES string of the molecule is CC(N/C=C(/C#N)C(=O)Nc1cccc([N+](=O)[O-])c1)C12CC3CC(CC(C3)C1)C2. The number of nitro benzene ring substituents is 1. The Labute approximate surface area is 170 Å². The second kappa shape index (κ2) is 7.51. The first kappa shape index (κ1) is 19.4. The van der Waals surface area contributed by atoms with E-state index < -0.39 is 10.8 Å². The zero-order valence-electron chi connectivity index (χ0n) is 16.6. The van der Waals surface area contributed by atoms with Crippen molar-refractivity contribution in [1.29, 1.82) is 5.26 Å². The molecule has 4 aliphatic carbocycles. The Morgan fingerprint density at radius 1 is 1.28 bits per heavy atom. The molecular weight excluding hydrogens is 368 g/mol. The maximum atomic E-state index is 12.5. The highest BCUT2D eigenvalue weighted by Crippen LogP contribution is 2.61. The molecule has 5 rings (SSSR count). The molecule has 1 unspecified atom stereocenters. The van der Waals surface area contributed by atoms with Gasteiger partial charge in [0.05, 0.1) is 4.92 Å². The number of hydrogen-bond acceptors (Lipinski definition) is 5. The van der Waals surface area contributed by atoms with Crippen molar-refractivity contribution in [3.8, 4) is 6.07 Å². The van der Waals surface area contributed by atoms with Gasteiger partial charge in [0.25, 0.3) is 11.6 Å². The maximum absolute atomic E-state index is 12.5. The first-order valence-corrected chi connectivity index (χ1v) is 10.3. The van der Waals surface area contributed by atoms with E-state index in [-0.39, 0.29) is 22.7 Å². The van der Waals surface area contributed by atoms with Crippen LogP contribution in [0.3, 0.4) is 0 Å². The molecule has 1 atom stereocenters. The smallest absolute Gasteiger partial charge is 0.271 e. The zero-order chi connectivity index (χ0) is 20.6. The van der Waals surface area contributed by atoms with Crippen LogP contribution in [0.2, 0.25) is 0 Å². The number of hydrogen-bond donors (Lipinski definition) is 2. The number of amides is 1. The molecule has 0 aromatic heterocycles. The van der Waals surface area contributed by atoms with Gasteiger partial charge in [-0.15, -0.1) is 0 Å². The van der Waals surface area contributed by atoms with Crippen LogP contribution in [0.1, 0.15) is 45.4 Å². The Bertz CT molecular complexity index is 866. The van der Waals surface area contributed by atoms with E-state index in [2.05, 4.69) is 17.6 Å². The third kappa shape index (κ3) is 3.84. The Hall–Kier alpha value is -2.88. The largest absolute Gasteiger partial charge is 0.387 e. The molecule has 4 aliphatic rings. The first-order valence-electron chi connectivity index (χ1n) is 10.3. The summed E-state index contributed by atoms with van der Waals surface area (Å²) in [6.45, 7) is 2.16. The van der Waals surface area contributed by atoms with Gasteiger partial charge in [0.1, 0.15) is 11.6 Å². The topological polar surface area (TPSA) is 108 Å². The molecule has 1 aromatic carbocycles. The average Bonchev–Trinajstić information content (AvgIpc) is 2.67. The number of carbonyl (C=O) groups is 1. The van der Waals surface area contributed by atoms with Crippen LogP contribution >= 0.6 is 0 Å². The zero-order valence-corrected chi connectivity index (χ0v) is 16.6. The van der Waals surface area contributed by atoms with Crippen LogP contribution in [-0.4, -0.2) is 16.9 Å². The Balaban J connectivity index is 1.43. The van der Waals surface area contributed by atoms with Gasteiger partial charge in [-0.05, 0) is 74.7 Å². The fraction of sp³-hybridized carbons (Fsp3) is 0.545. The minimum Gasteiger partial charge on any atom is -0.387 e. The third-order valence-electron chi connectivity index (χ3n) is 7.16. The van der Waals surface area contributed by atoms with Gasteiger partial charge in [0, 0.05) is 30.1 Å². The quantitative estimate of drug-likeness (QED) is 0.326. The normalized spacial score (nSPS) is 31.0. The van der Waals surface area contributed by atoms with Gasteiger partial charge in [0.2, 0.25) is 0 Å². The summed E-state index contributed by atoms with van der Waals surface area (Å²) in [6.07, 6.45) is 9.34. The summed E-state index contributed by atoms with van der Waals surface area (Å²) in [5.74, 6) is 1.93. The Morgan fingerprint density at radius 2 is 1.90 bits per heavy atom. The highest BCUT2D eigenvalue weighted by atomic mass is 16.6. The first-order chi connectivity index (χ1) is 13.9. The van der Waals surface area contributed by atoms with E-state index in [1.165, 1.54) is 62.9 Å². The highest BCUT2D eigenvalue weighted by molar-refractivity contribution is 6.06. The van der Waals surface area contributed by atoms with Crippen LogP contribution < -0.4 is 10.6 Å². The van der Waals surface area contributed by atoms with Crippen LogP contribution in [0.15, 0.2) is 36.0 Å². The standard InChI is InChI=1S/C22H26N4O3/c1-14(22-9-15-5-16(10-22)7-17(6-15)11-22)24-13-18(12-23)21(27)25-19-3-2-4-20(8-19)26(28)29/h2-4,8,13-17,24H,5-7,9-11H2,1H3,(H,25,27)/b18-13-. The third-order valence-corrected chi connectivity index (χ3v) is 7.16. The van der Waals surface area contributed by atoms with Gasteiger partial charge in [-0.3, -0.25) is 14.9 Å². The van der Waals surface area contributed by atoms with Crippen LogP contribution in [0.4, 0.5) is 11.4 Å². The van der Waals surface area contributed by atoms with Crippen molar-refractivity contribution in [2.45, 2.75) is 51.5 Å². The van der Waals surface area contributed by atoms with Crippen LogP contribution in [0.5, 0.6) is 0 Å². The van der Waals surface area contributed by atoms with E-state index in [0.29, 0.717) is 5.69 Å². The summed E-state index contributed by atoms with van der Waals surface area (Å²) in [7, 11) is 0. The van der Waals surface area contributed by atoms with E-state index >= 15 is 0 Å². The lowest BCUT2D eigenvalue weighted by Gasteiger charge is -2.59. The molecule has 0 heterocycles. The molecule has 4 fully saturated rings. The Kier molecular flexibility index (Phi) is 5.03.